The molecule has 5 rings (SSSR count). The lowest BCUT2D eigenvalue weighted by Gasteiger charge is -2.27. The second-order valence-electron chi connectivity index (χ2n) is 7.57. The van der Waals surface area contributed by atoms with Crippen molar-refractivity contribution in [3.8, 4) is 11.5 Å². The molecule has 0 radical (unpaired) electrons. The molecular formula is C20H21N7O3. The molecule has 0 saturated carbocycles. The highest BCUT2D eigenvalue weighted by molar-refractivity contribution is 5.97. The second kappa shape index (κ2) is 7.36. The van der Waals surface area contributed by atoms with Gasteiger partial charge in [0, 0.05) is 26.0 Å². The number of rotatable bonds is 3. The Labute approximate surface area is 171 Å². The third kappa shape index (κ3) is 3.23. The number of amides is 1. The van der Waals surface area contributed by atoms with E-state index in [1.807, 2.05) is 25.1 Å². The van der Waals surface area contributed by atoms with Crippen LogP contribution in [0.25, 0.3) is 22.6 Å². The van der Waals surface area contributed by atoms with Crippen molar-refractivity contribution >= 4 is 17.0 Å². The number of nitrogens with zero attached hydrogens (tertiary/aromatic N) is 7. The van der Waals surface area contributed by atoms with E-state index in [-0.39, 0.29) is 11.9 Å². The van der Waals surface area contributed by atoms with Crippen LogP contribution in [0.3, 0.4) is 0 Å². The normalized spacial score (nSPS) is 17.4. The lowest BCUT2D eigenvalue weighted by Crippen LogP contribution is -2.35. The van der Waals surface area contributed by atoms with Crippen molar-refractivity contribution in [1.82, 2.24) is 35.0 Å². The van der Waals surface area contributed by atoms with E-state index < -0.39 is 0 Å². The van der Waals surface area contributed by atoms with Gasteiger partial charge in [0.25, 0.3) is 17.5 Å². The van der Waals surface area contributed by atoms with Gasteiger partial charge in [0.2, 0.25) is 0 Å². The molecule has 1 unspecified atom stereocenters. The molecule has 0 spiro atoms. The van der Waals surface area contributed by atoms with Crippen LogP contribution in [-0.2, 0) is 7.05 Å². The molecule has 1 saturated heterocycles. The van der Waals surface area contributed by atoms with Gasteiger partial charge in [-0.2, -0.15) is 10.1 Å². The van der Waals surface area contributed by atoms with E-state index in [1.54, 1.807) is 16.9 Å². The number of hydrogen-bond donors (Lipinski definition) is 0. The zero-order valence-electron chi connectivity index (χ0n) is 16.8. The number of fused-ring (bicyclic) bond motifs is 1. The highest BCUT2D eigenvalue weighted by Crippen LogP contribution is 2.31. The fourth-order valence-corrected chi connectivity index (χ4v) is 3.87. The maximum atomic E-state index is 13.4. The second-order valence-corrected chi connectivity index (χ2v) is 7.57. The standard InChI is InChI=1S/C20H21N7O3/c1-12-15-8-13(9-21-19(15)30-24-12)20(28)27-7-5-3-4-6-16(27)17-23-18(29-25-17)14-10-22-26(2)11-14/h8-11,16H,3-7H2,1-2H3. The van der Waals surface area contributed by atoms with E-state index >= 15 is 0 Å². The van der Waals surface area contributed by atoms with Gasteiger partial charge < -0.3 is 13.9 Å². The van der Waals surface area contributed by atoms with Gasteiger partial charge in [-0.15, -0.1) is 0 Å². The van der Waals surface area contributed by atoms with E-state index in [4.69, 9.17) is 9.05 Å². The van der Waals surface area contributed by atoms with Crippen LogP contribution in [0.1, 0.15) is 53.6 Å². The third-order valence-corrected chi connectivity index (χ3v) is 5.46. The van der Waals surface area contributed by atoms with Gasteiger partial charge in [0.15, 0.2) is 5.82 Å². The van der Waals surface area contributed by atoms with Crippen molar-refractivity contribution in [3.63, 3.8) is 0 Å². The zero-order chi connectivity index (χ0) is 20.7. The molecule has 154 valence electrons. The first-order chi connectivity index (χ1) is 14.6. The van der Waals surface area contributed by atoms with Gasteiger partial charge in [0.05, 0.1) is 34.4 Å². The summed E-state index contributed by atoms with van der Waals surface area (Å²) in [7, 11) is 1.83. The van der Waals surface area contributed by atoms with E-state index in [0.29, 0.717) is 35.2 Å². The van der Waals surface area contributed by atoms with Gasteiger partial charge in [-0.25, -0.2) is 4.98 Å². The summed E-state index contributed by atoms with van der Waals surface area (Å²) in [6.45, 7) is 2.46. The van der Waals surface area contributed by atoms with Crippen molar-refractivity contribution in [2.45, 2.75) is 38.6 Å². The average Bonchev–Trinajstić information content (AvgIpc) is 3.44. The lowest BCUT2D eigenvalue weighted by atomic mass is 10.1. The lowest BCUT2D eigenvalue weighted by molar-refractivity contribution is 0.0670. The van der Waals surface area contributed by atoms with Crippen LogP contribution < -0.4 is 0 Å². The van der Waals surface area contributed by atoms with E-state index in [1.165, 1.54) is 6.20 Å². The van der Waals surface area contributed by atoms with Gasteiger partial charge in [-0.05, 0) is 25.8 Å². The molecule has 0 bridgehead atoms. The van der Waals surface area contributed by atoms with Gasteiger partial charge in [-0.3, -0.25) is 9.48 Å². The van der Waals surface area contributed by atoms with E-state index in [0.717, 1.165) is 36.6 Å². The van der Waals surface area contributed by atoms with Gasteiger partial charge in [-0.1, -0.05) is 23.2 Å². The zero-order valence-corrected chi connectivity index (χ0v) is 16.8. The van der Waals surface area contributed by atoms with Gasteiger partial charge >= 0.3 is 0 Å². The number of pyridine rings is 1. The quantitative estimate of drug-likeness (QED) is 0.509. The first-order valence-corrected chi connectivity index (χ1v) is 9.96. The summed E-state index contributed by atoms with van der Waals surface area (Å²) in [5, 5.41) is 13.0. The molecule has 4 aromatic heterocycles. The number of likely N-dealkylation sites (tertiary alicyclic amines) is 1. The Bertz CT molecular complexity index is 1210. The number of carbonyl (C=O) groups excluding carboxylic acids is 1. The van der Waals surface area contributed by atoms with E-state index in [9.17, 15) is 4.79 Å². The third-order valence-electron chi connectivity index (χ3n) is 5.46. The number of carbonyl (C=O) groups is 1. The Morgan fingerprint density at radius 1 is 1.17 bits per heavy atom. The molecule has 10 heteroatoms. The molecule has 5 heterocycles. The van der Waals surface area contributed by atoms with E-state index in [2.05, 4.69) is 25.4 Å². The summed E-state index contributed by atoms with van der Waals surface area (Å²) in [6, 6.07) is 1.53. The molecule has 0 N–H and O–H groups in total. The van der Waals surface area contributed by atoms with Crippen molar-refractivity contribution in [2.75, 3.05) is 6.54 Å². The fourth-order valence-electron chi connectivity index (χ4n) is 3.87. The molecular weight excluding hydrogens is 386 g/mol. The van der Waals surface area contributed by atoms with Crippen LogP contribution >= 0.6 is 0 Å². The first-order valence-electron chi connectivity index (χ1n) is 9.96. The van der Waals surface area contributed by atoms with Crippen LogP contribution in [0.15, 0.2) is 33.7 Å². The Kier molecular flexibility index (Phi) is 4.53. The van der Waals surface area contributed by atoms with Crippen molar-refractivity contribution in [1.29, 1.82) is 0 Å². The number of aromatic nitrogens is 6. The summed E-state index contributed by atoms with van der Waals surface area (Å²) in [6.07, 6.45) is 8.78. The number of aryl methyl sites for hydroxylation is 2. The fraction of sp³-hybridized carbons (Fsp3) is 0.400. The maximum Gasteiger partial charge on any atom is 0.261 e. The molecule has 0 aromatic carbocycles. The molecule has 0 aliphatic carbocycles. The minimum Gasteiger partial charge on any atom is -0.336 e. The Morgan fingerprint density at radius 3 is 2.90 bits per heavy atom. The monoisotopic (exact) mass is 407 g/mol. The maximum absolute atomic E-state index is 13.4. The van der Waals surface area contributed by atoms with Crippen molar-refractivity contribution in [2.24, 2.45) is 7.05 Å². The molecule has 1 fully saturated rings. The summed E-state index contributed by atoms with van der Waals surface area (Å²) in [4.78, 5) is 24.1. The van der Waals surface area contributed by atoms with Crippen LogP contribution in [0.4, 0.5) is 0 Å². The van der Waals surface area contributed by atoms with Crippen molar-refractivity contribution < 1.29 is 13.8 Å². The molecule has 1 aliphatic heterocycles. The van der Waals surface area contributed by atoms with Crippen LogP contribution in [0, 0.1) is 6.92 Å². The summed E-state index contributed by atoms with van der Waals surface area (Å²) in [5.74, 6) is 0.807. The Balaban J connectivity index is 1.47. The summed E-state index contributed by atoms with van der Waals surface area (Å²) >= 11 is 0. The molecule has 1 atom stereocenters. The summed E-state index contributed by atoms with van der Waals surface area (Å²) in [5.41, 5.74) is 2.38. The Hall–Kier alpha value is -3.56. The average molecular weight is 407 g/mol. The predicted molar refractivity (Wildman–Crippen MR) is 105 cm³/mol. The van der Waals surface area contributed by atoms with Crippen LogP contribution in [0.2, 0.25) is 0 Å². The van der Waals surface area contributed by atoms with Crippen LogP contribution in [0.5, 0.6) is 0 Å². The highest BCUT2D eigenvalue weighted by Gasteiger charge is 2.31. The smallest absolute Gasteiger partial charge is 0.261 e. The first kappa shape index (κ1) is 18.5. The highest BCUT2D eigenvalue weighted by atomic mass is 16.5. The number of hydrogen-bond acceptors (Lipinski definition) is 8. The minimum absolute atomic E-state index is 0.107. The molecule has 1 aliphatic rings. The van der Waals surface area contributed by atoms with Crippen LogP contribution in [-0.4, -0.2) is 47.4 Å². The van der Waals surface area contributed by atoms with Crippen molar-refractivity contribution in [3.05, 3.63) is 41.7 Å². The largest absolute Gasteiger partial charge is 0.336 e. The summed E-state index contributed by atoms with van der Waals surface area (Å²) < 4.78 is 12.3. The molecule has 4 aromatic rings. The molecule has 1 amide bonds. The van der Waals surface area contributed by atoms with Gasteiger partial charge in [0.1, 0.15) is 0 Å². The molecule has 30 heavy (non-hydrogen) atoms. The Morgan fingerprint density at radius 2 is 2.07 bits per heavy atom. The minimum atomic E-state index is -0.256. The predicted octanol–water partition coefficient (Wildman–Crippen LogP) is 3.07. The molecule has 10 nitrogen and oxygen atoms in total. The topological polar surface area (TPSA) is 116 Å². The SMILES string of the molecule is Cc1noc2ncc(C(=O)N3CCCCCC3c3noc(-c4cnn(C)c4)n3)cc12.